The molecule has 0 aromatic heterocycles. The highest BCUT2D eigenvalue weighted by Gasteiger charge is 2.38. The number of anilines is 1. The summed E-state index contributed by atoms with van der Waals surface area (Å²) in [4.78, 5) is 33.6. The number of rotatable bonds is 6. The van der Waals surface area contributed by atoms with Crippen LogP contribution in [0.3, 0.4) is 0 Å². The molecular weight excluding hydrogens is 250 g/mol. The Morgan fingerprint density at radius 1 is 1.11 bits per heavy atom. The normalized spacial score (nSPS) is 13.3. The highest BCUT2D eigenvalue weighted by Crippen LogP contribution is 2.16. The molecule has 1 aromatic rings. The van der Waals surface area contributed by atoms with Crippen molar-refractivity contribution in [3.8, 4) is 0 Å². The van der Waals surface area contributed by atoms with Crippen molar-refractivity contribution in [2.75, 3.05) is 5.32 Å². The van der Waals surface area contributed by atoms with Crippen LogP contribution in [0.1, 0.15) is 12.8 Å². The van der Waals surface area contributed by atoms with Crippen LogP contribution in [0.4, 0.5) is 5.69 Å². The molecule has 19 heavy (non-hydrogen) atoms. The van der Waals surface area contributed by atoms with E-state index in [-0.39, 0.29) is 0 Å². The van der Waals surface area contributed by atoms with E-state index in [1.54, 1.807) is 30.3 Å². The van der Waals surface area contributed by atoms with Crippen LogP contribution in [-0.2, 0) is 14.4 Å². The van der Waals surface area contributed by atoms with Crippen molar-refractivity contribution in [3.63, 3.8) is 0 Å². The van der Waals surface area contributed by atoms with Crippen molar-refractivity contribution in [1.29, 1.82) is 0 Å². The summed E-state index contributed by atoms with van der Waals surface area (Å²) in [6.45, 7) is 0. The molecule has 0 radical (unpaired) electrons. The molecule has 7 heteroatoms. The smallest absolute Gasteiger partial charge is 0.250 e. The summed E-state index contributed by atoms with van der Waals surface area (Å²) in [6, 6.07) is 8.45. The fraction of sp³-hybridized carbons (Fsp3) is 0.250. The van der Waals surface area contributed by atoms with Crippen molar-refractivity contribution in [3.05, 3.63) is 30.3 Å². The van der Waals surface area contributed by atoms with Crippen molar-refractivity contribution in [2.24, 2.45) is 11.5 Å². The second kappa shape index (κ2) is 5.96. The summed E-state index contributed by atoms with van der Waals surface area (Å²) < 4.78 is 0. The van der Waals surface area contributed by atoms with Crippen LogP contribution < -0.4 is 16.8 Å². The second-order valence-corrected chi connectivity index (χ2v) is 4.13. The fourth-order valence-electron chi connectivity index (χ4n) is 1.52. The van der Waals surface area contributed by atoms with E-state index >= 15 is 0 Å². The van der Waals surface area contributed by atoms with Gasteiger partial charge in [0.05, 0.1) is 12.8 Å². The number of hydrogen-bond acceptors (Lipinski definition) is 4. The van der Waals surface area contributed by atoms with E-state index in [0.29, 0.717) is 5.69 Å². The third-order valence-electron chi connectivity index (χ3n) is 2.44. The van der Waals surface area contributed by atoms with Crippen LogP contribution in [0.25, 0.3) is 0 Å². The maximum atomic E-state index is 11.7. The minimum atomic E-state index is -2.27. The van der Waals surface area contributed by atoms with Crippen molar-refractivity contribution in [2.45, 2.75) is 18.4 Å². The van der Waals surface area contributed by atoms with E-state index in [1.165, 1.54) is 0 Å². The average molecular weight is 265 g/mol. The number of carbonyl (C=O) groups is 3. The molecule has 0 fully saturated rings. The number of hydrogen-bond donors (Lipinski definition) is 4. The predicted octanol–water partition coefficient (Wildman–Crippen LogP) is -0.893. The number of carbonyl (C=O) groups excluding carboxylic acids is 3. The molecule has 1 rings (SSSR count). The standard InChI is InChI=1S/C12H15N3O4/c13-9(16)6-12(19,11(14)18)7-10(17)15-8-4-2-1-3-5-8/h1-5,19H,6-7H2,(H2,13,16)(H2,14,18)(H,15,17). The Balaban J connectivity index is 2.72. The van der Waals surface area contributed by atoms with Gasteiger partial charge in [0, 0.05) is 5.69 Å². The van der Waals surface area contributed by atoms with Gasteiger partial charge in [0.1, 0.15) is 0 Å². The first-order valence-corrected chi connectivity index (χ1v) is 5.49. The summed E-state index contributed by atoms with van der Waals surface area (Å²) in [5, 5.41) is 12.3. The van der Waals surface area contributed by atoms with Gasteiger partial charge in [-0.05, 0) is 12.1 Å². The Morgan fingerprint density at radius 3 is 2.16 bits per heavy atom. The monoisotopic (exact) mass is 265 g/mol. The minimum absolute atomic E-state index is 0.499. The highest BCUT2D eigenvalue weighted by molar-refractivity contribution is 5.98. The Labute approximate surface area is 109 Å². The zero-order chi connectivity index (χ0) is 14.5. The molecule has 0 saturated carbocycles. The third-order valence-corrected chi connectivity index (χ3v) is 2.44. The molecule has 0 saturated heterocycles. The molecule has 3 amide bonds. The van der Waals surface area contributed by atoms with E-state index in [4.69, 9.17) is 11.5 Å². The van der Waals surface area contributed by atoms with Crippen LogP contribution in [0, 0.1) is 0 Å². The van der Waals surface area contributed by atoms with Crippen molar-refractivity contribution >= 4 is 23.4 Å². The van der Waals surface area contributed by atoms with Gasteiger partial charge in [-0.3, -0.25) is 14.4 Å². The number of primary amides is 2. The number of aliphatic hydroxyl groups is 1. The first kappa shape index (κ1) is 14.7. The molecular formula is C12H15N3O4. The maximum absolute atomic E-state index is 11.7. The molecule has 0 spiro atoms. The summed E-state index contributed by atoms with van der Waals surface area (Å²) in [5.74, 6) is -2.74. The lowest BCUT2D eigenvalue weighted by atomic mass is 9.94. The quantitative estimate of drug-likeness (QED) is 0.530. The van der Waals surface area contributed by atoms with Crippen LogP contribution in [0.5, 0.6) is 0 Å². The van der Waals surface area contributed by atoms with Crippen molar-refractivity contribution in [1.82, 2.24) is 0 Å². The van der Waals surface area contributed by atoms with Gasteiger partial charge in [0.25, 0.3) is 0 Å². The lowest BCUT2D eigenvalue weighted by Gasteiger charge is -2.22. The van der Waals surface area contributed by atoms with E-state index in [1.807, 2.05) is 0 Å². The Hall–Kier alpha value is -2.41. The topological polar surface area (TPSA) is 136 Å². The van der Waals surface area contributed by atoms with E-state index in [9.17, 15) is 19.5 Å². The van der Waals surface area contributed by atoms with Gasteiger partial charge in [-0.1, -0.05) is 18.2 Å². The molecule has 1 unspecified atom stereocenters. The minimum Gasteiger partial charge on any atom is -0.379 e. The highest BCUT2D eigenvalue weighted by atomic mass is 16.3. The molecule has 0 aliphatic carbocycles. The summed E-state index contributed by atoms with van der Waals surface area (Å²) in [6.07, 6.45) is -1.34. The molecule has 0 aliphatic heterocycles. The number of nitrogens with one attached hydrogen (secondary N) is 1. The van der Waals surface area contributed by atoms with Gasteiger partial charge in [0.2, 0.25) is 17.7 Å². The van der Waals surface area contributed by atoms with Crippen molar-refractivity contribution < 1.29 is 19.5 Å². The first-order chi connectivity index (χ1) is 8.83. The van der Waals surface area contributed by atoms with Gasteiger partial charge in [-0.15, -0.1) is 0 Å². The predicted molar refractivity (Wildman–Crippen MR) is 67.6 cm³/mol. The summed E-state index contributed by atoms with van der Waals surface area (Å²) >= 11 is 0. The average Bonchev–Trinajstić information content (AvgIpc) is 2.28. The molecule has 7 nitrogen and oxygen atoms in total. The Kier molecular flexibility index (Phi) is 4.60. The molecule has 0 aliphatic rings. The SMILES string of the molecule is NC(=O)CC(O)(CC(=O)Nc1ccccc1)C(N)=O. The summed E-state index contributed by atoms with van der Waals surface area (Å²) in [5.41, 5.74) is 8.12. The Bertz CT molecular complexity index is 489. The van der Waals surface area contributed by atoms with Crippen LogP contribution in [-0.4, -0.2) is 28.4 Å². The summed E-state index contributed by atoms with van der Waals surface area (Å²) in [7, 11) is 0. The zero-order valence-corrected chi connectivity index (χ0v) is 10.1. The first-order valence-electron chi connectivity index (χ1n) is 5.49. The van der Waals surface area contributed by atoms with Gasteiger partial charge < -0.3 is 21.9 Å². The molecule has 1 aromatic carbocycles. The fourth-order valence-corrected chi connectivity index (χ4v) is 1.52. The number of para-hydroxylation sites is 1. The van der Waals surface area contributed by atoms with Gasteiger partial charge in [-0.25, -0.2) is 0 Å². The molecule has 102 valence electrons. The van der Waals surface area contributed by atoms with Crippen LogP contribution in [0.2, 0.25) is 0 Å². The van der Waals surface area contributed by atoms with Crippen LogP contribution >= 0.6 is 0 Å². The van der Waals surface area contributed by atoms with E-state index in [2.05, 4.69) is 5.32 Å². The second-order valence-electron chi connectivity index (χ2n) is 4.13. The Morgan fingerprint density at radius 2 is 1.68 bits per heavy atom. The number of amides is 3. The lowest BCUT2D eigenvalue weighted by molar-refractivity contribution is -0.145. The molecule has 0 bridgehead atoms. The lowest BCUT2D eigenvalue weighted by Crippen LogP contribution is -2.49. The molecule has 0 heterocycles. The molecule has 6 N–H and O–H groups in total. The van der Waals surface area contributed by atoms with E-state index in [0.717, 1.165) is 0 Å². The van der Waals surface area contributed by atoms with Gasteiger partial charge >= 0.3 is 0 Å². The number of benzene rings is 1. The van der Waals surface area contributed by atoms with E-state index < -0.39 is 36.2 Å². The van der Waals surface area contributed by atoms with Crippen LogP contribution in [0.15, 0.2) is 30.3 Å². The zero-order valence-electron chi connectivity index (χ0n) is 10.1. The van der Waals surface area contributed by atoms with Gasteiger partial charge in [0.15, 0.2) is 5.60 Å². The maximum Gasteiger partial charge on any atom is 0.250 e. The third kappa shape index (κ3) is 4.40. The number of nitrogens with two attached hydrogens (primary N) is 2. The molecule has 1 atom stereocenters. The van der Waals surface area contributed by atoms with Gasteiger partial charge in [-0.2, -0.15) is 0 Å². The largest absolute Gasteiger partial charge is 0.379 e.